The molecule has 0 aromatic rings. The number of rotatable bonds is 3. The van der Waals surface area contributed by atoms with E-state index in [1.165, 1.54) is 7.11 Å². The summed E-state index contributed by atoms with van der Waals surface area (Å²) in [6.07, 6.45) is 1.61. The van der Waals surface area contributed by atoms with Gasteiger partial charge in [-0.3, -0.25) is 4.79 Å². The second kappa shape index (κ2) is 4.38. The molecule has 0 fully saturated rings. The molecule has 0 saturated carbocycles. The van der Waals surface area contributed by atoms with Crippen LogP contribution in [0, 0.1) is 0 Å². The number of hydrogen-bond acceptors (Lipinski definition) is 3. The van der Waals surface area contributed by atoms with Crippen molar-refractivity contribution in [2.24, 2.45) is 5.73 Å². The first-order valence-corrected chi connectivity index (χ1v) is 3.05. The lowest BCUT2D eigenvalue weighted by Crippen LogP contribution is -2.31. The van der Waals surface area contributed by atoms with Crippen molar-refractivity contribution in [3.63, 3.8) is 0 Å². The number of hydrogen-bond donors (Lipinski definition) is 1. The molecule has 0 aromatic heterocycles. The summed E-state index contributed by atoms with van der Waals surface area (Å²) in [5, 5.41) is 0. The summed E-state index contributed by atoms with van der Waals surface area (Å²) in [4.78, 5) is 10.6. The standard InChI is InChI=1S/C5H12BNO2/c1-9-5(8)4(7)2-3-6/h4H,2-3,6-7H2,1H3/t4-/m0/s1. The van der Waals surface area contributed by atoms with E-state index in [4.69, 9.17) is 5.73 Å². The van der Waals surface area contributed by atoms with E-state index in [1.54, 1.807) is 0 Å². The second-order valence-corrected chi connectivity index (χ2v) is 1.92. The average molecular weight is 129 g/mol. The van der Waals surface area contributed by atoms with Crippen LogP contribution < -0.4 is 5.73 Å². The third-order valence-corrected chi connectivity index (χ3v) is 1.10. The van der Waals surface area contributed by atoms with Crippen LogP contribution in [0.3, 0.4) is 0 Å². The SMILES string of the molecule is BCC[C@H](N)C(=O)OC. The lowest BCUT2D eigenvalue weighted by molar-refractivity contribution is -0.142. The minimum Gasteiger partial charge on any atom is -0.468 e. The summed E-state index contributed by atoms with van der Waals surface area (Å²) >= 11 is 0. The monoisotopic (exact) mass is 129 g/mol. The number of ether oxygens (including phenoxy) is 1. The Kier molecular flexibility index (Phi) is 4.14. The van der Waals surface area contributed by atoms with E-state index in [9.17, 15) is 4.79 Å². The molecular formula is C5H12BNO2. The maximum absolute atomic E-state index is 10.6. The van der Waals surface area contributed by atoms with Crippen LogP contribution in [0.1, 0.15) is 6.42 Å². The highest BCUT2D eigenvalue weighted by atomic mass is 16.5. The van der Waals surface area contributed by atoms with Gasteiger partial charge in [0.05, 0.1) is 7.11 Å². The first kappa shape index (κ1) is 8.49. The molecule has 0 aliphatic heterocycles. The molecular weight excluding hydrogens is 117 g/mol. The van der Waals surface area contributed by atoms with E-state index in [2.05, 4.69) is 4.74 Å². The van der Waals surface area contributed by atoms with Gasteiger partial charge < -0.3 is 10.5 Å². The zero-order valence-electron chi connectivity index (χ0n) is 5.89. The normalized spacial score (nSPS) is 12.7. The highest BCUT2D eigenvalue weighted by molar-refractivity contribution is 6.08. The van der Waals surface area contributed by atoms with Crippen LogP contribution in [0.5, 0.6) is 0 Å². The van der Waals surface area contributed by atoms with Gasteiger partial charge in [-0.15, -0.1) is 0 Å². The average Bonchev–Trinajstić information content (AvgIpc) is 1.87. The van der Waals surface area contributed by atoms with E-state index in [0.717, 1.165) is 6.32 Å². The van der Waals surface area contributed by atoms with Gasteiger partial charge in [-0.25, -0.2) is 0 Å². The first-order valence-electron chi connectivity index (χ1n) is 3.05. The molecule has 0 bridgehead atoms. The Morgan fingerprint density at radius 3 is 2.78 bits per heavy atom. The van der Waals surface area contributed by atoms with E-state index in [0.29, 0.717) is 6.42 Å². The van der Waals surface area contributed by atoms with Crippen molar-refractivity contribution in [3.05, 3.63) is 0 Å². The Labute approximate surface area is 56.0 Å². The molecule has 1 atom stereocenters. The molecule has 0 rings (SSSR count). The van der Waals surface area contributed by atoms with Gasteiger partial charge in [0.25, 0.3) is 0 Å². The van der Waals surface area contributed by atoms with Crippen molar-refractivity contribution in [1.29, 1.82) is 0 Å². The van der Waals surface area contributed by atoms with E-state index in [1.807, 2.05) is 7.85 Å². The van der Waals surface area contributed by atoms with E-state index in [-0.39, 0.29) is 5.97 Å². The molecule has 4 heteroatoms. The Hall–Kier alpha value is -0.505. The fourth-order valence-corrected chi connectivity index (χ4v) is 0.580. The minimum atomic E-state index is -0.431. The molecule has 0 aliphatic carbocycles. The number of carbonyl (C=O) groups excluding carboxylic acids is 1. The number of carbonyl (C=O) groups is 1. The maximum atomic E-state index is 10.6. The summed E-state index contributed by atoms with van der Waals surface area (Å²) in [7, 11) is 3.32. The highest BCUT2D eigenvalue weighted by Gasteiger charge is 2.10. The number of nitrogens with two attached hydrogens (primary N) is 1. The minimum absolute atomic E-state index is 0.322. The molecule has 0 unspecified atom stereocenters. The van der Waals surface area contributed by atoms with Gasteiger partial charge in [0.15, 0.2) is 0 Å². The van der Waals surface area contributed by atoms with Crippen molar-refractivity contribution in [2.75, 3.05) is 7.11 Å². The zero-order chi connectivity index (χ0) is 7.28. The molecule has 3 nitrogen and oxygen atoms in total. The van der Waals surface area contributed by atoms with Crippen LogP contribution >= 0.6 is 0 Å². The summed E-state index contributed by atoms with van der Waals surface area (Å²) in [6.45, 7) is 0. The smallest absolute Gasteiger partial charge is 0.322 e. The Bertz CT molecular complexity index is 97.0. The fraction of sp³-hybridized carbons (Fsp3) is 0.800. The summed E-state index contributed by atoms with van der Waals surface area (Å²) in [5.41, 5.74) is 5.36. The molecule has 52 valence electrons. The molecule has 0 spiro atoms. The Morgan fingerprint density at radius 2 is 2.44 bits per heavy atom. The van der Waals surface area contributed by atoms with Crippen molar-refractivity contribution < 1.29 is 9.53 Å². The van der Waals surface area contributed by atoms with Gasteiger partial charge in [0.2, 0.25) is 0 Å². The summed E-state index contributed by atoms with van der Waals surface area (Å²) < 4.78 is 4.40. The summed E-state index contributed by atoms with van der Waals surface area (Å²) in [5.74, 6) is -0.322. The molecule has 0 heterocycles. The highest BCUT2D eigenvalue weighted by Crippen LogP contribution is 1.92. The largest absolute Gasteiger partial charge is 0.468 e. The molecule has 2 N–H and O–H groups in total. The van der Waals surface area contributed by atoms with E-state index >= 15 is 0 Å². The van der Waals surface area contributed by atoms with Crippen molar-refractivity contribution >= 4 is 13.8 Å². The van der Waals surface area contributed by atoms with Crippen LogP contribution in [0.25, 0.3) is 0 Å². The van der Waals surface area contributed by atoms with Gasteiger partial charge in [0.1, 0.15) is 13.9 Å². The van der Waals surface area contributed by atoms with Crippen LogP contribution in [0.15, 0.2) is 0 Å². The molecule has 0 aliphatic rings. The number of esters is 1. The second-order valence-electron chi connectivity index (χ2n) is 1.92. The molecule has 0 aromatic carbocycles. The maximum Gasteiger partial charge on any atom is 0.322 e. The predicted molar refractivity (Wildman–Crippen MR) is 38.0 cm³/mol. The van der Waals surface area contributed by atoms with Gasteiger partial charge >= 0.3 is 5.97 Å². The van der Waals surface area contributed by atoms with Gasteiger partial charge in [-0.1, -0.05) is 6.32 Å². The predicted octanol–water partition coefficient (Wildman–Crippen LogP) is -1.07. The zero-order valence-corrected chi connectivity index (χ0v) is 5.89. The fourth-order valence-electron chi connectivity index (χ4n) is 0.580. The Balaban J connectivity index is 3.45. The topological polar surface area (TPSA) is 52.3 Å². The lowest BCUT2D eigenvalue weighted by atomic mass is 9.98. The molecule has 0 saturated heterocycles. The third-order valence-electron chi connectivity index (χ3n) is 1.10. The van der Waals surface area contributed by atoms with Crippen LogP contribution in [0.2, 0.25) is 6.32 Å². The van der Waals surface area contributed by atoms with Gasteiger partial charge in [0, 0.05) is 0 Å². The lowest BCUT2D eigenvalue weighted by Gasteiger charge is -2.05. The van der Waals surface area contributed by atoms with Crippen LogP contribution in [0.4, 0.5) is 0 Å². The Morgan fingerprint density at radius 1 is 1.89 bits per heavy atom. The third kappa shape index (κ3) is 3.14. The van der Waals surface area contributed by atoms with Crippen LogP contribution in [-0.2, 0) is 9.53 Å². The molecule has 0 amide bonds. The van der Waals surface area contributed by atoms with Gasteiger partial charge in [-0.2, -0.15) is 0 Å². The van der Waals surface area contributed by atoms with Crippen molar-refractivity contribution in [1.82, 2.24) is 0 Å². The van der Waals surface area contributed by atoms with Crippen LogP contribution in [-0.4, -0.2) is 27.0 Å². The van der Waals surface area contributed by atoms with Crippen molar-refractivity contribution in [3.8, 4) is 0 Å². The molecule has 0 radical (unpaired) electrons. The summed E-state index contributed by atoms with van der Waals surface area (Å²) in [6, 6.07) is -0.431. The van der Waals surface area contributed by atoms with Crippen molar-refractivity contribution in [2.45, 2.75) is 18.8 Å². The van der Waals surface area contributed by atoms with Gasteiger partial charge in [-0.05, 0) is 6.42 Å². The quantitative estimate of drug-likeness (QED) is 0.389. The first-order chi connectivity index (χ1) is 4.22. The molecule has 9 heavy (non-hydrogen) atoms. The number of methoxy groups -OCH3 is 1. The van der Waals surface area contributed by atoms with E-state index < -0.39 is 6.04 Å².